The number of urea groups is 1. The van der Waals surface area contributed by atoms with Gasteiger partial charge >= 0.3 is 6.03 Å². The highest BCUT2D eigenvalue weighted by molar-refractivity contribution is 5.96. The summed E-state index contributed by atoms with van der Waals surface area (Å²) < 4.78 is 0. The topological polar surface area (TPSA) is 102 Å². The van der Waals surface area contributed by atoms with Gasteiger partial charge in [-0.05, 0) is 53.6 Å². The molecule has 3 aliphatic heterocycles. The Labute approximate surface area is 249 Å². The van der Waals surface area contributed by atoms with Crippen molar-refractivity contribution in [1.29, 1.82) is 0 Å². The Morgan fingerprint density at radius 3 is 2.58 bits per heavy atom. The van der Waals surface area contributed by atoms with Crippen molar-refractivity contribution < 1.29 is 14.4 Å². The second kappa shape index (κ2) is 9.97. The molecule has 1 saturated carbocycles. The van der Waals surface area contributed by atoms with Crippen LogP contribution in [-0.2, 0) is 29.2 Å². The first-order chi connectivity index (χ1) is 21.0. The van der Waals surface area contributed by atoms with E-state index >= 15 is 0 Å². The fraction of sp³-hybridized carbons (Fsp3) is 0.353. The molecule has 218 valence electrons. The highest BCUT2D eigenvalue weighted by atomic mass is 16.2. The van der Waals surface area contributed by atoms with Crippen LogP contribution < -0.4 is 5.32 Å². The zero-order chi connectivity index (χ0) is 29.1. The van der Waals surface area contributed by atoms with E-state index in [0.29, 0.717) is 39.1 Å². The zero-order valence-electron chi connectivity index (χ0n) is 24.0. The number of benzene rings is 3. The number of carbonyl (C=O) groups is 3. The predicted octanol–water partition coefficient (Wildman–Crippen LogP) is 5.01. The zero-order valence-corrected chi connectivity index (χ0v) is 24.0. The minimum atomic E-state index is -0.720. The number of para-hydroxylation sites is 1. The number of likely N-dealkylation sites (tertiary alicyclic amines) is 1. The second-order valence-electron chi connectivity index (χ2n) is 12.5. The van der Waals surface area contributed by atoms with Crippen LogP contribution in [0.15, 0.2) is 72.9 Å². The van der Waals surface area contributed by atoms with Gasteiger partial charge in [0.25, 0.3) is 0 Å². The summed E-state index contributed by atoms with van der Waals surface area (Å²) in [6.07, 6.45) is 4.21. The third kappa shape index (κ3) is 4.37. The maximum Gasteiger partial charge on any atom is 0.322 e. The largest absolute Gasteiger partial charge is 0.343 e. The lowest BCUT2D eigenvalue weighted by Crippen LogP contribution is -2.51. The first kappa shape index (κ1) is 26.0. The number of H-pyrrole nitrogens is 1. The summed E-state index contributed by atoms with van der Waals surface area (Å²) in [6, 6.07) is 22.1. The fourth-order valence-electron chi connectivity index (χ4n) is 7.65. The number of nitrogens with zero attached hydrogens (tertiary/aromatic N) is 4. The molecular formula is C34H34N6O3. The van der Waals surface area contributed by atoms with Crippen LogP contribution in [0.2, 0.25) is 0 Å². The van der Waals surface area contributed by atoms with Crippen LogP contribution in [0.1, 0.15) is 53.9 Å². The maximum absolute atomic E-state index is 14.4. The summed E-state index contributed by atoms with van der Waals surface area (Å²) in [5.74, 6) is 0.130. The van der Waals surface area contributed by atoms with Crippen molar-refractivity contribution in [2.75, 3.05) is 18.4 Å². The summed E-state index contributed by atoms with van der Waals surface area (Å²) in [6.45, 7) is 2.76. The number of amides is 4. The smallest absolute Gasteiger partial charge is 0.322 e. The Morgan fingerprint density at radius 2 is 1.74 bits per heavy atom. The number of fused-ring (bicyclic) bond motifs is 6. The number of hydrogen-bond acceptors (Lipinski definition) is 4. The van der Waals surface area contributed by atoms with Crippen molar-refractivity contribution in [3.05, 3.63) is 95.2 Å². The van der Waals surface area contributed by atoms with E-state index in [1.165, 1.54) is 5.56 Å². The van der Waals surface area contributed by atoms with E-state index in [-0.39, 0.29) is 36.2 Å². The minimum absolute atomic E-state index is 0.0219. The summed E-state index contributed by atoms with van der Waals surface area (Å²) in [5.41, 5.74) is 5.60. The van der Waals surface area contributed by atoms with Gasteiger partial charge in [0.1, 0.15) is 0 Å². The third-order valence-electron chi connectivity index (χ3n) is 10.1. The van der Waals surface area contributed by atoms with Crippen LogP contribution in [0, 0.1) is 5.41 Å². The number of anilines is 1. The SMILES string of the molecule is O=C(CC12C[C@@H]1c1ccc3[nH]ncc3c1CN(Cc1ccccc1)C2=O)N1CCC(N2Cc3ccccc3NC2=O)CC1. The van der Waals surface area contributed by atoms with E-state index in [1.807, 2.05) is 81.6 Å². The average molecular weight is 575 g/mol. The minimum Gasteiger partial charge on any atom is -0.343 e. The van der Waals surface area contributed by atoms with Gasteiger partial charge in [0, 0.05) is 62.2 Å². The van der Waals surface area contributed by atoms with Gasteiger partial charge in [0.05, 0.1) is 17.1 Å². The molecule has 0 bridgehead atoms. The van der Waals surface area contributed by atoms with Gasteiger partial charge in [0.15, 0.2) is 0 Å². The van der Waals surface area contributed by atoms with E-state index < -0.39 is 5.41 Å². The Kier molecular flexibility index (Phi) is 6.03. The second-order valence-corrected chi connectivity index (χ2v) is 12.5. The number of piperidine rings is 1. The Hall–Kier alpha value is -4.66. The predicted molar refractivity (Wildman–Crippen MR) is 162 cm³/mol. The van der Waals surface area contributed by atoms with E-state index in [4.69, 9.17) is 0 Å². The van der Waals surface area contributed by atoms with Crippen molar-refractivity contribution in [1.82, 2.24) is 24.9 Å². The van der Waals surface area contributed by atoms with Gasteiger partial charge in [-0.15, -0.1) is 0 Å². The lowest BCUT2D eigenvalue weighted by atomic mass is 9.91. The van der Waals surface area contributed by atoms with Crippen molar-refractivity contribution >= 4 is 34.4 Å². The number of rotatable bonds is 5. The Balaban J connectivity index is 1.01. The first-order valence-corrected chi connectivity index (χ1v) is 15.2. The number of carbonyl (C=O) groups excluding carboxylic acids is 3. The Bertz CT molecular complexity index is 1740. The summed E-state index contributed by atoms with van der Waals surface area (Å²) in [4.78, 5) is 46.8. The molecule has 43 heavy (non-hydrogen) atoms. The number of aromatic nitrogens is 2. The van der Waals surface area contributed by atoms with E-state index in [2.05, 4.69) is 21.6 Å². The van der Waals surface area contributed by atoms with Crippen LogP contribution in [-0.4, -0.2) is 61.9 Å². The van der Waals surface area contributed by atoms with E-state index in [1.54, 1.807) is 0 Å². The van der Waals surface area contributed by atoms with Gasteiger partial charge in [-0.25, -0.2) is 4.79 Å². The average Bonchev–Trinajstić information content (AvgIpc) is 3.56. The Morgan fingerprint density at radius 1 is 0.953 bits per heavy atom. The highest BCUT2D eigenvalue weighted by Crippen LogP contribution is 2.65. The molecule has 1 aliphatic carbocycles. The molecule has 1 aromatic heterocycles. The summed E-state index contributed by atoms with van der Waals surface area (Å²) >= 11 is 0. The molecule has 8 rings (SSSR count). The molecule has 4 aromatic rings. The molecule has 9 nitrogen and oxygen atoms in total. The van der Waals surface area contributed by atoms with Gasteiger partial charge in [-0.3, -0.25) is 14.7 Å². The molecule has 2 atom stereocenters. The van der Waals surface area contributed by atoms with Crippen LogP contribution in [0.25, 0.3) is 10.9 Å². The van der Waals surface area contributed by atoms with Gasteiger partial charge in [-0.1, -0.05) is 54.6 Å². The van der Waals surface area contributed by atoms with Crippen LogP contribution >= 0.6 is 0 Å². The summed E-state index contributed by atoms with van der Waals surface area (Å²) in [5, 5.41) is 11.4. The maximum atomic E-state index is 14.4. The van der Waals surface area contributed by atoms with Gasteiger partial charge < -0.3 is 20.0 Å². The van der Waals surface area contributed by atoms with E-state index in [9.17, 15) is 14.4 Å². The van der Waals surface area contributed by atoms with Gasteiger partial charge in [-0.2, -0.15) is 5.10 Å². The lowest BCUT2D eigenvalue weighted by molar-refractivity contribution is -0.144. The molecule has 0 radical (unpaired) electrons. The molecule has 3 aromatic carbocycles. The first-order valence-electron chi connectivity index (χ1n) is 15.2. The van der Waals surface area contributed by atoms with Crippen molar-refractivity contribution in [3.8, 4) is 0 Å². The number of hydrogen-bond donors (Lipinski definition) is 2. The number of aromatic amines is 1. The molecule has 4 aliphatic rings. The normalized spacial score (nSPS) is 23.3. The monoisotopic (exact) mass is 574 g/mol. The molecule has 4 heterocycles. The molecule has 9 heteroatoms. The molecule has 2 fully saturated rings. The van der Waals surface area contributed by atoms with Crippen LogP contribution in [0.5, 0.6) is 0 Å². The quantitative estimate of drug-likeness (QED) is 0.350. The van der Waals surface area contributed by atoms with Gasteiger partial charge in [0.2, 0.25) is 11.8 Å². The van der Waals surface area contributed by atoms with Crippen LogP contribution in [0.3, 0.4) is 0 Å². The van der Waals surface area contributed by atoms with Crippen molar-refractivity contribution in [2.45, 2.75) is 57.3 Å². The standard InChI is InChI=1S/C34H34N6O3/c41-31(38-14-12-24(13-15-38)40-20-23-8-4-5-9-29(23)36-33(40)43)17-34-16-28(34)25-10-11-30-26(18-35-37-30)27(25)21-39(32(34)42)19-22-6-2-1-3-7-22/h1-11,18,24,28H,12-17,19-21H2,(H,35,37)(H,36,43)/t28-,34?/m1/s1. The summed E-state index contributed by atoms with van der Waals surface area (Å²) in [7, 11) is 0. The third-order valence-corrected chi connectivity index (χ3v) is 10.1. The fourth-order valence-corrected chi connectivity index (χ4v) is 7.65. The molecule has 0 spiro atoms. The molecule has 1 unspecified atom stereocenters. The molecular weight excluding hydrogens is 540 g/mol. The van der Waals surface area contributed by atoms with Crippen LogP contribution in [0.4, 0.5) is 10.5 Å². The molecule has 4 amide bonds. The highest BCUT2D eigenvalue weighted by Gasteiger charge is 2.64. The molecule has 2 N–H and O–H groups in total. The van der Waals surface area contributed by atoms with E-state index in [0.717, 1.165) is 46.1 Å². The lowest BCUT2D eigenvalue weighted by Gasteiger charge is -2.41. The molecule has 1 saturated heterocycles. The number of nitrogens with one attached hydrogen (secondary N) is 2. The van der Waals surface area contributed by atoms with Crippen molar-refractivity contribution in [3.63, 3.8) is 0 Å². The van der Waals surface area contributed by atoms with Crippen molar-refractivity contribution in [2.24, 2.45) is 5.41 Å².